The van der Waals surface area contributed by atoms with E-state index in [0.29, 0.717) is 12.0 Å². The van der Waals surface area contributed by atoms with Crippen molar-refractivity contribution >= 4 is 0 Å². The Labute approximate surface area is 129 Å². The number of rotatable bonds is 3. The van der Waals surface area contributed by atoms with Gasteiger partial charge in [0.1, 0.15) is 12.0 Å². The van der Waals surface area contributed by atoms with Crippen molar-refractivity contribution in [2.45, 2.75) is 50.7 Å². The molecule has 0 N–H and O–H groups in total. The molecular formula is C18H20F2N2. The molecule has 116 valence electrons. The van der Waals surface area contributed by atoms with E-state index in [4.69, 9.17) is 0 Å². The lowest BCUT2D eigenvalue weighted by molar-refractivity contribution is 0.158. The van der Waals surface area contributed by atoms with E-state index in [0.717, 1.165) is 36.9 Å². The normalized spacial score (nSPS) is 22.4. The predicted molar refractivity (Wildman–Crippen MR) is 81.8 cm³/mol. The number of hydrogen-bond donors (Lipinski definition) is 0. The van der Waals surface area contributed by atoms with Crippen LogP contribution in [0.25, 0.3) is 11.3 Å². The summed E-state index contributed by atoms with van der Waals surface area (Å²) in [5.74, 6) is -0.0985. The van der Waals surface area contributed by atoms with Crippen molar-refractivity contribution in [2.75, 3.05) is 0 Å². The zero-order valence-corrected chi connectivity index (χ0v) is 12.5. The highest BCUT2D eigenvalue weighted by Crippen LogP contribution is 2.44. The van der Waals surface area contributed by atoms with Crippen molar-refractivity contribution in [3.63, 3.8) is 0 Å². The van der Waals surface area contributed by atoms with Crippen LogP contribution in [0.15, 0.2) is 30.7 Å². The second kappa shape index (κ2) is 5.49. The number of hydrogen-bond acceptors (Lipinski definition) is 1. The molecule has 1 fully saturated rings. The van der Waals surface area contributed by atoms with Crippen LogP contribution in [-0.4, -0.2) is 15.7 Å². The van der Waals surface area contributed by atoms with Crippen LogP contribution in [0.2, 0.25) is 0 Å². The second-order valence-corrected chi connectivity index (χ2v) is 6.55. The fourth-order valence-electron chi connectivity index (χ4n) is 4.13. The number of imidazole rings is 1. The lowest BCUT2D eigenvalue weighted by Gasteiger charge is -2.27. The maximum atomic E-state index is 14.8. The maximum absolute atomic E-state index is 14.8. The average molecular weight is 302 g/mol. The van der Waals surface area contributed by atoms with Gasteiger partial charge in [0.2, 0.25) is 0 Å². The lowest BCUT2D eigenvalue weighted by Crippen LogP contribution is -2.23. The molecule has 0 bridgehead atoms. The molecule has 1 aliphatic carbocycles. The molecule has 2 aromatic rings. The largest absolute Gasteiger partial charge is 0.323 e. The molecule has 0 amide bonds. The second-order valence-electron chi connectivity index (χ2n) is 6.55. The van der Waals surface area contributed by atoms with Crippen molar-refractivity contribution in [1.82, 2.24) is 9.55 Å². The molecule has 2 atom stereocenters. The van der Waals surface area contributed by atoms with Crippen LogP contribution in [0.4, 0.5) is 8.78 Å². The smallest absolute Gasteiger partial charge is 0.129 e. The van der Waals surface area contributed by atoms with Crippen molar-refractivity contribution < 1.29 is 8.78 Å². The van der Waals surface area contributed by atoms with Crippen LogP contribution in [0.5, 0.6) is 0 Å². The van der Waals surface area contributed by atoms with Gasteiger partial charge in [-0.05, 0) is 24.8 Å². The van der Waals surface area contributed by atoms with E-state index in [9.17, 15) is 8.78 Å². The summed E-state index contributed by atoms with van der Waals surface area (Å²) in [7, 11) is 0. The Kier molecular flexibility index (Phi) is 3.47. The fourth-order valence-corrected chi connectivity index (χ4v) is 4.13. The van der Waals surface area contributed by atoms with Crippen LogP contribution >= 0.6 is 0 Å². The summed E-state index contributed by atoms with van der Waals surface area (Å²) in [5, 5.41) is 0. The third-order valence-electron chi connectivity index (χ3n) is 5.27. The highest BCUT2D eigenvalue weighted by Gasteiger charge is 2.35. The quantitative estimate of drug-likeness (QED) is 0.788. The molecule has 0 radical (unpaired) electrons. The molecule has 2 heterocycles. The molecule has 2 nitrogen and oxygen atoms in total. The third kappa shape index (κ3) is 2.16. The molecule has 4 heteroatoms. The molecule has 1 saturated carbocycles. The Bertz CT molecular complexity index is 673. The highest BCUT2D eigenvalue weighted by atomic mass is 19.1. The van der Waals surface area contributed by atoms with Crippen molar-refractivity contribution in [2.24, 2.45) is 5.92 Å². The first-order valence-corrected chi connectivity index (χ1v) is 8.20. The Balaban J connectivity index is 1.65. The van der Waals surface area contributed by atoms with Crippen molar-refractivity contribution in [3.8, 4) is 11.3 Å². The Morgan fingerprint density at radius 2 is 2.05 bits per heavy atom. The van der Waals surface area contributed by atoms with E-state index in [1.807, 2.05) is 10.6 Å². The van der Waals surface area contributed by atoms with E-state index < -0.39 is 6.17 Å². The van der Waals surface area contributed by atoms with Crippen LogP contribution in [0, 0.1) is 11.7 Å². The van der Waals surface area contributed by atoms with Gasteiger partial charge < -0.3 is 4.57 Å². The van der Waals surface area contributed by atoms with Crippen LogP contribution in [0.1, 0.15) is 50.1 Å². The maximum Gasteiger partial charge on any atom is 0.129 e. The monoisotopic (exact) mass is 302 g/mol. The molecule has 2 unspecified atom stereocenters. The van der Waals surface area contributed by atoms with Crippen LogP contribution in [0.3, 0.4) is 0 Å². The fraction of sp³-hybridized carbons (Fsp3) is 0.500. The molecular weight excluding hydrogens is 282 g/mol. The third-order valence-corrected chi connectivity index (χ3v) is 5.27. The summed E-state index contributed by atoms with van der Waals surface area (Å²) >= 11 is 0. The van der Waals surface area contributed by atoms with Crippen molar-refractivity contribution in [3.05, 3.63) is 42.1 Å². The first-order valence-electron chi connectivity index (χ1n) is 8.20. The minimum absolute atomic E-state index is 0.136. The molecule has 1 aliphatic heterocycles. The summed E-state index contributed by atoms with van der Waals surface area (Å²) in [6.07, 6.45) is 8.32. The van der Waals surface area contributed by atoms with E-state index >= 15 is 0 Å². The summed E-state index contributed by atoms with van der Waals surface area (Å²) < 4.78 is 31.1. The molecule has 22 heavy (non-hydrogen) atoms. The van der Waals surface area contributed by atoms with E-state index in [1.54, 1.807) is 18.6 Å². The summed E-state index contributed by atoms with van der Waals surface area (Å²) in [5.41, 5.74) is 2.40. The number of halogens is 2. The van der Waals surface area contributed by atoms with Crippen LogP contribution in [-0.2, 0) is 0 Å². The molecule has 1 aromatic carbocycles. The van der Waals surface area contributed by atoms with Crippen molar-refractivity contribution in [1.29, 1.82) is 0 Å². The topological polar surface area (TPSA) is 17.8 Å². The Morgan fingerprint density at radius 1 is 1.23 bits per heavy atom. The van der Waals surface area contributed by atoms with Gasteiger partial charge in [0.15, 0.2) is 0 Å². The van der Waals surface area contributed by atoms with E-state index in [-0.39, 0.29) is 17.8 Å². The zero-order chi connectivity index (χ0) is 15.1. The highest BCUT2D eigenvalue weighted by molar-refractivity contribution is 5.69. The molecule has 0 spiro atoms. The number of fused-ring (bicyclic) bond motifs is 3. The first-order chi connectivity index (χ1) is 10.8. The zero-order valence-electron chi connectivity index (χ0n) is 12.5. The number of alkyl halides is 1. The molecule has 0 saturated heterocycles. The predicted octanol–water partition coefficient (Wildman–Crippen LogP) is 4.90. The summed E-state index contributed by atoms with van der Waals surface area (Å²) in [6, 6.07) is 4.83. The number of aromatic nitrogens is 2. The SMILES string of the molecule is Fc1cccc2c1C(CC(F)C1CCCCC1)n1cncc1-2. The first kappa shape index (κ1) is 13.9. The van der Waals surface area contributed by atoms with Gasteiger partial charge >= 0.3 is 0 Å². The van der Waals surface area contributed by atoms with Gasteiger partial charge in [-0.2, -0.15) is 0 Å². The van der Waals surface area contributed by atoms with Gasteiger partial charge in [-0.25, -0.2) is 13.8 Å². The van der Waals surface area contributed by atoms with Gasteiger partial charge in [-0.1, -0.05) is 31.4 Å². The minimum Gasteiger partial charge on any atom is -0.323 e. The number of benzene rings is 1. The van der Waals surface area contributed by atoms with Gasteiger partial charge in [0.25, 0.3) is 0 Å². The van der Waals surface area contributed by atoms with Gasteiger partial charge in [-0.3, -0.25) is 0 Å². The van der Waals surface area contributed by atoms with Crippen LogP contribution < -0.4 is 0 Å². The Hall–Kier alpha value is -1.71. The summed E-state index contributed by atoms with van der Waals surface area (Å²) in [4.78, 5) is 4.16. The van der Waals surface area contributed by atoms with Gasteiger partial charge in [0, 0.05) is 17.5 Å². The Morgan fingerprint density at radius 3 is 2.86 bits per heavy atom. The minimum atomic E-state index is -0.869. The summed E-state index contributed by atoms with van der Waals surface area (Å²) in [6.45, 7) is 0. The van der Waals surface area contributed by atoms with Gasteiger partial charge in [-0.15, -0.1) is 0 Å². The van der Waals surface area contributed by atoms with Gasteiger partial charge in [0.05, 0.1) is 24.3 Å². The number of nitrogens with zero attached hydrogens (tertiary/aromatic N) is 2. The lowest BCUT2D eigenvalue weighted by atomic mass is 9.83. The molecule has 4 rings (SSSR count). The van der Waals surface area contributed by atoms with E-state index in [2.05, 4.69) is 4.98 Å². The molecule has 1 aromatic heterocycles. The van der Waals surface area contributed by atoms with E-state index in [1.165, 1.54) is 12.5 Å². The standard InChI is InChI=1S/C18H20F2N2/c19-14-8-4-7-13-17-10-21-11-22(17)16(18(13)14)9-15(20)12-5-2-1-3-6-12/h4,7-8,10-12,15-16H,1-3,5-6,9H2. The molecule has 2 aliphatic rings. The average Bonchev–Trinajstić information content (AvgIpc) is 3.12.